The lowest BCUT2D eigenvalue weighted by molar-refractivity contribution is -0.136. The van der Waals surface area contributed by atoms with Crippen LogP contribution in [0.1, 0.15) is 44.1 Å². The lowest BCUT2D eigenvalue weighted by Gasteiger charge is -2.37. The van der Waals surface area contributed by atoms with E-state index in [-0.39, 0.29) is 17.7 Å². The topological polar surface area (TPSA) is 43.9 Å². The molecule has 1 aromatic carbocycles. The van der Waals surface area contributed by atoms with Crippen molar-refractivity contribution < 1.29 is 9.59 Å². The highest BCUT2D eigenvalue weighted by Crippen LogP contribution is 2.25. The number of allylic oxidation sites excluding steroid dienone is 1. The standard InChI is InChI=1S/C24H33N3O2/c1-19-6-5-9-22(16-19)25-12-14-26(15-13-25)24(29)21-17-23(28)27(18-21)11-10-20-7-3-2-4-8-20/h5-7,9,16,21H,2-4,8,10-15,17-18H2,1H3. The molecule has 1 aliphatic carbocycles. The molecular formula is C24H33N3O2. The van der Waals surface area contributed by atoms with E-state index >= 15 is 0 Å². The van der Waals surface area contributed by atoms with Gasteiger partial charge in [0, 0.05) is 51.4 Å². The van der Waals surface area contributed by atoms with Gasteiger partial charge in [0.05, 0.1) is 5.92 Å². The number of nitrogens with zero attached hydrogens (tertiary/aromatic N) is 3. The van der Waals surface area contributed by atoms with Gasteiger partial charge in [0.2, 0.25) is 11.8 Å². The van der Waals surface area contributed by atoms with Crippen LogP contribution in [0.15, 0.2) is 35.9 Å². The van der Waals surface area contributed by atoms with Gasteiger partial charge in [-0.3, -0.25) is 9.59 Å². The van der Waals surface area contributed by atoms with E-state index in [1.54, 1.807) is 0 Å². The zero-order valence-electron chi connectivity index (χ0n) is 17.6. The van der Waals surface area contributed by atoms with E-state index in [1.165, 1.54) is 42.5 Å². The summed E-state index contributed by atoms with van der Waals surface area (Å²) in [6.45, 7) is 6.67. The van der Waals surface area contributed by atoms with Crippen LogP contribution >= 0.6 is 0 Å². The Morgan fingerprint density at radius 1 is 1.14 bits per heavy atom. The average Bonchev–Trinajstić information content (AvgIpc) is 3.13. The van der Waals surface area contributed by atoms with Crippen LogP contribution < -0.4 is 4.90 Å². The Balaban J connectivity index is 1.27. The summed E-state index contributed by atoms with van der Waals surface area (Å²) in [5, 5.41) is 0. The lowest BCUT2D eigenvalue weighted by Crippen LogP contribution is -2.50. The Kier molecular flexibility index (Phi) is 6.22. The number of piperazine rings is 1. The highest BCUT2D eigenvalue weighted by Gasteiger charge is 2.37. The number of anilines is 1. The molecule has 1 atom stereocenters. The van der Waals surface area contributed by atoms with Gasteiger partial charge < -0.3 is 14.7 Å². The van der Waals surface area contributed by atoms with E-state index in [4.69, 9.17) is 0 Å². The zero-order chi connectivity index (χ0) is 20.2. The first-order chi connectivity index (χ1) is 14.1. The van der Waals surface area contributed by atoms with Crippen LogP contribution in [-0.2, 0) is 9.59 Å². The Bertz CT molecular complexity index is 780. The Morgan fingerprint density at radius 2 is 1.97 bits per heavy atom. The van der Waals surface area contributed by atoms with Crippen LogP contribution in [0.4, 0.5) is 5.69 Å². The van der Waals surface area contributed by atoms with Crippen molar-refractivity contribution in [1.82, 2.24) is 9.80 Å². The van der Waals surface area contributed by atoms with E-state index < -0.39 is 0 Å². The summed E-state index contributed by atoms with van der Waals surface area (Å²) in [7, 11) is 0. The van der Waals surface area contributed by atoms with Gasteiger partial charge in [-0.25, -0.2) is 0 Å². The quantitative estimate of drug-likeness (QED) is 0.718. The Hall–Kier alpha value is -2.30. The van der Waals surface area contributed by atoms with Gasteiger partial charge in [0.25, 0.3) is 0 Å². The Labute approximate surface area is 174 Å². The molecule has 2 aliphatic heterocycles. The Morgan fingerprint density at radius 3 is 2.69 bits per heavy atom. The molecule has 4 rings (SSSR count). The molecule has 5 nitrogen and oxygen atoms in total. The monoisotopic (exact) mass is 395 g/mol. The number of hydrogen-bond acceptors (Lipinski definition) is 3. The summed E-state index contributed by atoms with van der Waals surface area (Å²) in [5.41, 5.74) is 3.98. The van der Waals surface area contributed by atoms with Crippen LogP contribution in [0.25, 0.3) is 0 Å². The van der Waals surface area contributed by atoms with E-state index in [2.05, 4.69) is 42.2 Å². The van der Waals surface area contributed by atoms with Gasteiger partial charge in [0.15, 0.2) is 0 Å². The normalized spacial score (nSPS) is 22.8. The molecule has 0 spiro atoms. The minimum absolute atomic E-state index is 0.151. The molecule has 156 valence electrons. The minimum atomic E-state index is -0.159. The maximum atomic E-state index is 13.0. The predicted molar refractivity (Wildman–Crippen MR) is 116 cm³/mol. The second kappa shape index (κ2) is 9.02. The molecule has 0 aromatic heterocycles. The third-order valence-corrected chi connectivity index (χ3v) is 6.61. The molecule has 0 saturated carbocycles. The summed E-state index contributed by atoms with van der Waals surface area (Å²) in [6.07, 6.45) is 8.63. The number of benzene rings is 1. The number of rotatable bonds is 5. The van der Waals surface area contributed by atoms with Gasteiger partial charge in [-0.05, 0) is 56.7 Å². The molecule has 2 fully saturated rings. The number of likely N-dealkylation sites (tertiary alicyclic amines) is 1. The fraction of sp³-hybridized carbons (Fsp3) is 0.583. The summed E-state index contributed by atoms with van der Waals surface area (Å²) in [5.74, 6) is 0.160. The zero-order valence-corrected chi connectivity index (χ0v) is 17.6. The number of carbonyl (C=O) groups is 2. The fourth-order valence-electron chi connectivity index (χ4n) is 4.83. The molecule has 2 amide bonds. The first-order valence-electron chi connectivity index (χ1n) is 11.2. The largest absolute Gasteiger partial charge is 0.368 e. The number of carbonyl (C=O) groups excluding carboxylic acids is 2. The van der Waals surface area contributed by atoms with E-state index in [0.717, 1.165) is 39.1 Å². The molecule has 0 N–H and O–H groups in total. The van der Waals surface area contributed by atoms with Crippen molar-refractivity contribution in [2.24, 2.45) is 5.92 Å². The minimum Gasteiger partial charge on any atom is -0.368 e. The van der Waals surface area contributed by atoms with Crippen LogP contribution in [0.5, 0.6) is 0 Å². The van der Waals surface area contributed by atoms with Crippen molar-refractivity contribution in [3.63, 3.8) is 0 Å². The molecule has 0 bridgehead atoms. The molecule has 2 saturated heterocycles. The number of amides is 2. The molecule has 29 heavy (non-hydrogen) atoms. The summed E-state index contributed by atoms with van der Waals surface area (Å²) >= 11 is 0. The fourth-order valence-corrected chi connectivity index (χ4v) is 4.83. The first-order valence-corrected chi connectivity index (χ1v) is 11.2. The second-order valence-corrected chi connectivity index (χ2v) is 8.75. The molecule has 3 aliphatic rings. The van der Waals surface area contributed by atoms with E-state index in [0.29, 0.717) is 13.0 Å². The van der Waals surface area contributed by atoms with Gasteiger partial charge in [-0.15, -0.1) is 0 Å². The van der Waals surface area contributed by atoms with Gasteiger partial charge in [0.1, 0.15) is 0 Å². The van der Waals surface area contributed by atoms with Crippen LogP contribution in [0.3, 0.4) is 0 Å². The maximum absolute atomic E-state index is 13.0. The van der Waals surface area contributed by atoms with Gasteiger partial charge in [-0.1, -0.05) is 23.8 Å². The first kappa shape index (κ1) is 20.0. The van der Waals surface area contributed by atoms with Crippen molar-refractivity contribution in [1.29, 1.82) is 0 Å². The number of aryl methyl sites for hydroxylation is 1. The van der Waals surface area contributed by atoms with Crippen LogP contribution in [0, 0.1) is 12.8 Å². The highest BCUT2D eigenvalue weighted by atomic mass is 16.2. The SMILES string of the molecule is Cc1cccc(N2CCN(C(=O)C3CC(=O)N(CCC4=CCCCC4)C3)CC2)c1. The summed E-state index contributed by atoms with van der Waals surface area (Å²) in [6, 6.07) is 8.54. The second-order valence-electron chi connectivity index (χ2n) is 8.75. The average molecular weight is 396 g/mol. The van der Waals surface area contributed by atoms with Crippen molar-refractivity contribution in [3.05, 3.63) is 41.5 Å². The molecule has 1 aromatic rings. The lowest BCUT2D eigenvalue weighted by atomic mass is 9.97. The highest BCUT2D eigenvalue weighted by molar-refractivity contribution is 5.89. The van der Waals surface area contributed by atoms with Crippen molar-refractivity contribution in [3.8, 4) is 0 Å². The molecule has 1 unspecified atom stereocenters. The third-order valence-electron chi connectivity index (χ3n) is 6.61. The van der Waals surface area contributed by atoms with Crippen LogP contribution in [-0.4, -0.2) is 60.9 Å². The van der Waals surface area contributed by atoms with E-state index in [1.807, 2.05) is 9.80 Å². The molecular weight excluding hydrogens is 362 g/mol. The summed E-state index contributed by atoms with van der Waals surface area (Å²) in [4.78, 5) is 31.7. The third kappa shape index (κ3) is 4.82. The van der Waals surface area contributed by atoms with Crippen molar-refractivity contribution in [2.45, 2.75) is 45.4 Å². The molecule has 5 heteroatoms. The molecule has 0 radical (unpaired) electrons. The van der Waals surface area contributed by atoms with E-state index in [9.17, 15) is 9.59 Å². The maximum Gasteiger partial charge on any atom is 0.228 e. The van der Waals surface area contributed by atoms with Gasteiger partial charge in [-0.2, -0.15) is 0 Å². The smallest absolute Gasteiger partial charge is 0.228 e. The van der Waals surface area contributed by atoms with Gasteiger partial charge >= 0.3 is 0 Å². The predicted octanol–water partition coefficient (Wildman–Crippen LogP) is 3.38. The molecule has 2 heterocycles. The summed E-state index contributed by atoms with van der Waals surface area (Å²) < 4.78 is 0. The van der Waals surface area contributed by atoms with Crippen LogP contribution in [0.2, 0.25) is 0 Å². The van der Waals surface area contributed by atoms with Crippen molar-refractivity contribution >= 4 is 17.5 Å². The van der Waals surface area contributed by atoms with Crippen molar-refractivity contribution in [2.75, 3.05) is 44.2 Å². The number of hydrogen-bond donors (Lipinski definition) is 0.